The SMILES string of the molecule is C=C(NC=O)O/N=C/C. The topological polar surface area (TPSA) is 50.7 Å². The van der Waals surface area contributed by atoms with Gasteiger partial charge < -0.3 is 4.84 Å². The molecule has 4 nitrogen and oxygen atoms in total. The molecule has 0 saturated carbocycles. The van der Waals surface area contributed by atoms with Gasteiger partial charge in [0.1, 0.15) is 0 Å². The van der Waals surface area contributed by atoms with Crippen LogP contribution >= 0.6 is 0 Å². The summed E-state index contributed by atoms with van der Waals surface area (Å²) in [6, 6.07) is 0. The first kappa shape index (κ1) is 7.68. The number of amides is 1. The van der Waals surface area contributed by atoms with Crippen LogP contribution in [0.2, 0.25) is 0 Å². The second-order valence-corrected chi connectivity index (χ2v) is 1.14. The summed E-state index contributed by atoms with van der Waals surface area (Å²) in [4.78, 5) is 14.1. The van der Waals surface area contributed by atoms with E-state index in [0.29, 0.717) is 6.41 Å². The van der Waals surface area contributed by atoms with Crippen LogP contribution in [0.15, 0.2) is 17.6 Å². The van der Waals surface area contributed by atoms with Crippen molar-refractivity contribution in [3.63, 3.8) is 0 Å². The molecule has 0 fully saturated rings. The maximum atomic E-state index is 9.67. The van der Waals surface area contributed by atoms with Crippen molar-refractivity contribution in [2.75, 3.05) is 0 Å². The molecule has 0 heterocycles. The Morgan fingerprint density at radius 1 is 1.89 bits per heavy atom. The van der Waals surface area contributed by atoms with E-state index in [9.17, 15) is 4.79 Å². The van der Waals surface area contributed by atoms with Crippen molar-refractivity contribution in [3.05, 3.63) is 12.5 Å². The van der Waals surface area contributed by atoms with Gasteiger partial charge in [0.05, 0.1) is 0 Å². The first-order valence-electron chi connectivity index (χ1n) is 2.35. The molecule has 0 aromatic carbocycles. The number of carbonyl (C=O) groups is 1. The molecule has 0 radical (unpaired) electrons. The third kappa shape index (κ3) is 4.53. The first-order valence-corrected chi connectivity index (χ1v) is 2.35. The molecule has 0 bridgehead atoms. The molecule has 1 N–H and O–H groups in total. The Bertz CT molecular complexity index is 131. The highest BCUT2D eigenvalue weighted by Crippen LogP contribution is 1.83. The lowest BCUT2D eigenvalue weighted by Gasteiger charge is -1.96. The lowest BCUT2D eigenvalue weighted by atomic mass is 10.9. The number of oxime groups is 1. The highest BCUT2D eigenvalue weighted by atomic mass is 16.6. The second-order valence-electron chi connectivity index (χ2n) is 1.14. The van der Waals surface area contributed by atoms with E-state index in [2.05, 4.69) is 21.9 Å². The Kier molecular flexibility index (Phi) is 4.12. The summed E-state index contributed by atoms with van der Waals surface area (Å²) in [5, 5.41) is 5.51. The normalized spacial score (nSPS) is 9.00. The molecule has 9 heavy (non-hydrogen) atoms. The van der Waals surface area contributed by atoms with Crippen LogP contribution in [-0.2, 0) is 9.63 Å². The Morgan fingerprint density at radius 3 is 3.00 bits per heavy atom. The average Bonchev–Trinajstić information content (AvgIpc) is 1.85. The molecule has 1 amide bonds. The highest BCUT2D eigenvalue weighted by Gasteiger charge is 1.85. The molecule has 0 spiro atoms. The number of rotatable bonds is 4. The predicted molar refractivity (Wildman–Crippen MR) is 33.6 cm³/mol. The fourth-order valence-corrected chi connectivity index (χ4v) is 0.208. The van der Waals surface area contributed by atoms with Gasteiger partial charge in [-0.3, -0.25) is 10.1 Å². The third-order valence-corrected chi connectivity index (χ3v) is 0.488. The molecule has 0 aliphatic rings. The van der Waals surface area contributed by atoms with E-state index in [1.807, 2.05) is 0 Å². The number of carbonyl (C=O) groups excluding carboxylic acids is 1. The van der Waals surface area contributed by atoms with Gasteiger partial charge in [-0.15, -0.1) is 0 Å². The molecule has 0 unspecified atom stereocenters. The molecule has 0 rings (SSSR count). The Labute approximate surface area is 53.2 Å². The van der Waals surface area contributed by atoms with Crippen LogP contribution in [0.5, 0.6) is 0 Å². The minimum absolute atomic E-state index is 0.114. The summed E-state index contributed by atoms with van der Waals surface area (Å²) in [6.45, 7) is 4.99. The van der Waals surface area contributed by atoms with Crippen molar-refractivity contribution < 1.29 is 9.63 Å². The van der Waals surface area contributed by atoms with Gasteiger partial charge in [0.15, 0.2) is 0 Å². The minimum atomic E-state index is 0.114. The smallest absolute Gasteiger partial charge is 0.222 e. The van der Waals surface area contributed by atoms with Gasteiger partial charge in [-0.1, -0.05) is 5.16 Å². The Morgan fingerprint density at radius 2 is 2.56 bits per heavy atom. The van der Waals surface area contributed by atoms with Crippen LogP contribution in [0, 0.1) is 0 Å². The molecular weight excluding hydrogens is 120 g/mol. The van der Waals surface area contributed by atoms with Crippen LogP contribution in [0.1, 0.15) is 6.92 Å². The van der Waals surface area contributed by atoms with Crippen LogP contribution in [0.4, 0.5) is 0 Å². The summed E-state index contributed by atoms with van der Waals surface area (Å²) in [5.74, 6) is 0.114. The van der Waals surface area contributed by atoms with Crippen molar-refractivity contribution in [2.24, 2.45) is 5.16 Å². The summed E-state index contributed by atoms with van der Waals surface area (Å²) in [6.07, 6.45) is 1.91. The highest BCUT2D eigenvalue weighted by molar-refractivity contribution is 5.52. The average molecular weight is 128 g/mol. The van der Waals surface area contributed by atoms with Crippen molar-refractivity contribution in [2.45, 2.75) is 6.92 Å². The Balaban J connectivity index is 3.38. The van der Waals surface area contributed by atoms with E-state index in [-0.39, 0.29) is 5.88 Å². The summed E-state index contributed by atoms with van der Waals surface area (Å²) in [7, 11) is 0. The van der Waals surface area contributed by atoms with Gasteiger partial charge >= 0.3 is 0 Å². The predicted octanol–water partition coefficient (Wildman–Crippen LogP) is 0.226. The zero-order valence-corrected chi connectivity index (χ0v) is 5.13. The monoisotopic (exact) mass is 128 g/mol. The maximum absolute atomic E-state index is 9.67. The van der Waals surface area contributed by atoms with Crippen molar-refractivity contribution >= 4 is 12.6 Å². The van der Waals surface area contributed by atoms with Crippen LogP contribution < -0.4 is 5.32 Å². The van der Waals surface area contributed by atoms with Crippen molar-refractivity contribution in [3.8, 4) is 0 Å². The summed E-state index contributed by atoms with van der Waals surface area (Å²) >= 11 is 0. The van der Waals surface area contributed by atoms with Gasteiger partial charge in [-0.25, -0.2) is 0 Å². The number of hydrogen-bond donors (Lipinski definition) is 1. The number of hydrogen-bond acceptors (Lipinski definition) is 3. The lowest BCUT2D eigenvalue weighted by Crippen LogP contribution is -2.09. The standard InChI is InChI=1S/C5H8N2O2/c1-3-7-9-5(2)6-4-8/h3-4H,2H2,1H3,(H,6,8)/b7-3+. The van der Waals surface area contributed by atoms with Gasteiger partial charge in [0.25, 0.3) is 0 Å². The minimum Gasteiger partial charge on any atom is -0.340 e. The zero-order chi connectivity index (χ0) is 7.11. The molecule has 0 aliphatic heterocycles. The third-order valence-electron chi connectivity index (χ3n) is 0.488. The van der Waals surface area contributed by atoms with E-state index in [0.717, 1.165) is 0 Å². The van der Waals surface area contributed by atoms with Gasteiger partial charge in [0, 0.05) is 6.21 Å². The quantitative estimate of drug-likeness (QED) is 0.255. The summed E-state index contributed by atoms with van der Waals surface area (Å²) < 4.78 is 0. The summed E-state index contributed by atoms with van der Waals surface area (Å²) in [5.41, 5.74) is 0. The number of nitrogens with one attached hydrogen (secondary N) is 1. The molecule has 0 atom stereocenters. The van der Waals surface area contributed by atoms with E-state index in [1.54, 1.807) is 6.92 Å². The van der Waals surface area contributed by atoms with E-state index < -0.39 is 0 Å². The fraction of sp³-hybridized carbons (Fsp3) is 0.200. The van der Waals surface area contributed by atoms with Gasteiger partial charge in [-0.2, -0.15) is 0 Å². The van der Waals surface area contributed by atoms with E-state index in [1.165, 1.54) is 6.21 Å². The van der Waals surface area contributed by atoms with E-state index >= 15 is 0 Å². The zero-order valence-electron chi connectivity index (χ0n) is 5.13. The molecule has 50 valence electrons. The molecule has 0 aliphatic carbocycles. The number of nitrogens with zero attached hydrogens (tertiary/aromatic N) is 1. The largest absolute Gasteiger partial charge is 0.340 e. The molecule has 0 aromatic heterocycles. The Hall–Kier alpha value is -1.32. The van der Waals surface area contributed by atoms with Crippen molar-refractivity contribution in [1.82, 2.24) is 5.32 Å². The van der Waals surface area contributed by atoms with Crippen molar-refractivity contribution in [1.29, 1.82) is 0 Å². The second kappa shape index (κ2) is 4.83. The lowest BCUT2D eigenvalue weighted by molar-refractivity contribution is -0.109. The fourth-order valence-electron chi connectivity index (χ4n) is 0.208. The van der Waals surface area contributed by atoms with Crippen LogP contribution in [0.3, 0.4) is 0 Å². The van der Waals surface area contributed by atoms with E-state index in [4.69, 9.17) is 0 Å². The molecule has 4 heteroatoms. The molecular formula is C5H8N2O2. The molecule has 0 aromatic rings. The van der Waals surface area contributed by atoms with Crippen LogP contribution in [-0.4, -0.2) is 12.6 Å². The maximum Gasteiger partial charge on any atom is 0.222 e. The van der Waals surface area contributed by atoms with Gasteiger partial charge in [0.2, 0.25) is 12.3 Å². The van der Waals surface area contributed by atoms with Gasteiger partial charge in [-0.05, 0) is 13.5 Å². The van der Waals surface area contributed by atoms with Crippen LogP contribution in [0.25, 0.3) is 0 Å². The first-order chi connectivity index (χ1) is 4.31. The molecule has 0 saturated heterocycles.